The van der Waals surface area contributed by atoms with Crippen molar-refractivity contribution in [2.24, 2.45) is 0 Å². The zero-order chi connectivity index (χ0) is 15.2. The second kappa shape index (κ2) is 8.37. The highest BCUT2D eigenvalue weighted by Gasteiger charge is 2.24. The zero-order valence-corrected chi connectivity index (χ0v) is 14.8. The largest absolute Gasteiger partial charge is 0.300 e. The van der Waals surface area contributed by atoms with Gasteiger partial charge in [-0.15, -0.1) is 11.8 Å². The van der Waals surface area contributed by atoms with Gasteiger partial charge in [-0.05, 0) is 75.8 Å². The molecule has 0 bridgehead atoms. The topological polar surface area (TPSA) is 6.48 Å². The van der Waals surface area contributed by atoms with E-state index in [2.05, 4.69) is 40.3 Å². The molecule has 3 rings (SSSR count). The van der Waals surface area contributed by atoms with Crippen molar-refractivity contribution < 1.29 is 0 Å². The molecule has 2 aliphatic heterocycles. The van der Waals surface area contributed by atoms with Gasteiger partial charge in [-0.25, -0.2) is 0 Å². The quantitative estimate of drug-likeness (QED) is 0.766. The van der Waals surface area contributed by atoms with Crippen LogP contribution in [0.15, 0.2) is 29.2 Å². The van der Waals surface area contributed by atoms with E-state index in [0.717, 1.165) is 12.6 Å². The predicted octanol–water partition coefficient (Wildman–Crippen LogP) is 4.25. The minimum Gasteiger partial charge on any atom is -0.300 e. The lowest BCUT2D eigenvalue weighted by Crippen LogP contribution is -2.45. The van der Waals surface area contributed by atoms with E-state index in [-0.39, 0.29) is 0 Å². The summed E-state index contributed by atoms with van der Waals surface area (Å²) < 4.78 is 0. The van der Waals surface area contributed by atoms with Crippen LogP contribution in [0.5, 0.6) is 0 Å². The molecule has 122 valence electrons. The van der Waals surface area contributed by atoms with Gasteiger partial charge in [-0.1, -0.05) is 25.0 Å². The van der Waals surface area contributed by atoms with E-state index in [0.29, 0.717) is 0 Å². The van der Waals surface area contributed by atoms with E-state index in [1.165, 1.54) is 75.2 Å². The predicted molar refractivity (Wildman–Crippen MR) is 96.6 cm³/mol. The van der Waals surface area contributed by atoms with E-state index in [4.69, 9.17) is 0 Å². The Morgan fingerprint density at radius 2 is 1.55 bits per heavy atom. The first-order valence-corrected chi connectivity index (χ1v) is 10.2. The van der Waals surface area contributed by atoms with E-state index in [1.54, 1.807) is 0 Å². The molecule has 3 heteroatoms. The van der Waals surface area contributed by atoms with Crippen LogP contribution < -0.4 is 0 Å². The number of nitrogens with zero attached hydrogens (tertiary/aromatic N) is 2. The van der Waals surface area contributed by atoms with Crippen LogP contribution in [0.2, 0.25) is 0 Å². The van der Waals surface area contributed by atoms with Gasteiger partial charge >= 0.3 is 0 Å². The Labute approximate surface area is 140 Å². The average Bonchev–Trinajstić information content (AvgIpc) is 2.86. The van der Waals surface area contributed by atoms with Crippen molar-refractivity contribution in [3.05, 3.63) is 29.8 Å². The third-order valence-electron chi connectivity index (χ3n) is 5.28. The maximum Gasteiger partial charge on any atom is 0.0233 e. The number of thioether (sulfide) groups is 1. The summed E-state index contributed by atoms with van der Waals surface area (Å²) in [6.07, 6.45) is 10.6. The minimum absolute atomic E-state index is 0.855. The zero-order valence-electron chi connectivity index (χ0n) is 14.0. The third-order valence-corrected chi connectivity index (χ3v) is 6.02. The first-order chi connectivity index (χ1) is 10.8. The fourth-order valence-corrected chi connectivity index (χ4v) is 4.30. The fraction of sp³-hybridized carbons (Fsp3) is 0.684. The molecule has 2 fully saturated rings. The van der Waals surface area contributed by atoms with Crippen LogP contribution in [-0.2, 0) is 6.54 Å². The molecule has 0 amide bonds. The molecule has 0 aliphatic carbocycles. The molecule has 0 radical (unpaired) electrons. The smallest absolute Gasteiger partial charge is 0.0233 e. The van der Waals surface area contributed by atoms with Crippen molar-refractivity contribution in [2.45, 2.75) is 56.0 Å². The highest BCUT2D eigenvalue weighted by Crippen LogP contribution is 2.22. The molecule has 0 atom stereocenters. The Morgan fingerprint density at radius 3 is 2.14 bits per heavy atom. The lowest BCUT2D eigenvalue weighted by atomic mass is 10.0. The highest BCUT2D eigenvalue weighted by atomic mass is 32.2. The molecular formula is C19H30N2S. The second-order valence-electron chi connectivity index (χ2n) is 6.81. The molecule has 0 spiro atoms. The summed E-state index contributed by atoms with van der Waals surface area (Å²) in [7, 11) is 0. The molecule has 0 aromatic heterocycles. The molecule has 2 saturated heterocycles. The van der Waals surface area contributed by atoms with Crippen LogP contribution in [0.4, 0.5) is 0 Å². The summed E-state index contributed by atoms with van der Waals surface area (Å²) in [5, 5.41) is 0. The molecule has 2 nitrogen and oxygen atoms in total. The van der Waals surface area contributed by atoms with Gasteiger partial charge in [0, 0.05) is 17.5 Å². The lowest BCUT2D eigenvalue weighted by molar-refractivity contribution is 0.107. The first-order valence-electron chi connectivity index (χ1n) is 8.94. The van der Waals surface area contributed by atoms with Crippen LogP contribution in [0.25, 0.3) is 0 Å². The monoisotopic (exact) mass is 318 g/mol. The highest BCUT2D eigenvalue weighted by molar-refractivity contribution is 7.98. The summed E-state index contributed by atoms with van der Waals surface area (Å²) in [5.41, 5.74) is 1.46. The van der Waals surface area contributed by atoms with Gasteiger partial charge < -0.3 is 4.90 Å². The second-order valence-corrected chi connectivity index (χ2v) is 7.69. The number of hydrogen-bond donors (Lipinski definition) is 0. The van der Waals surface area contributed by atoms with Crippen molar-refractivity contribution >= 4 is 11.8 Å². The van der Waals surface area contributed by atoms with Gasteiger partial charge in [-0.3, -0.25) is 4.90 Å². The molecule has 0 unspecified atom stereocenters. The minimum atomic E-state index is 0.855. The van der Waals surface area contributed by atoms with Crippen molar-refractivity contribution in [2.75, 3.05) is 32.4 Å². The van der Waals surface area contributed by atoms with E-state index >= 15 is 0 Å². The number of likely N-dealkylation sites (tertiary alicyclic amines) is 2. The molecule has 1 aromatic carbocycles. The molecule has 0 saturated carbocycles. The van der Waals surface area contributed by atoms with Crippen LogP contribution in [0, 0.1) is 0 Å². The molecule has 22 heavy (non-hydrogen) atoms. The van der Waals surface area contributed by atoms with Gasteiger partial charge in [0.2, 0.25) is 0 Å². The molecule has 0 N–H and O–H groups in total. The van der Waals surface area contributed by atoms with Crippen molar-refractivity contribution in [1.82, 2.24) is 9.80 Å². The maximum atomic E-state index is 2.79. The van der Waals surface area contributed by atoms with Crippen molar-refractivity contribution in [3.8, 4) is 0 Å². The lowest BCUT2D eigenvalue weighted by Gasteiger charge is -2.38. The number of hydrogen-bond acceptors (Lipinski definition) is 3. The SMILES string of the molecule is CSc1ccc(CN2CCC(N3CCCCCC3)CC2)cc1. The van der Waals surface area contributed by atoms with Crippen LogP contribution in [-0.4, -0.2) is 48.3 Å². The Kier molecular flexibility index (Phi) is 6.22. The van der Waals surface area contributed by atoms with Crippen molar-refractivity contribution in [1.29, 1.82) is 0 Å². The van der Waals surface area contributed by atoms with Gasteiger partial charge in [0.15, 0.2) is 0 Å². The van der Waals surface area contributed by atoms with Gasteiger partial charge in [0.25, 0.3) is 0 Å². The summed E-state index contributed by atoms with van der Waals surface area (Å²) in [5.74, 6) is 0. The van der Waals surface area contributed by atoms with Gasteiger partial charge in [0.05, 0.1) is 0 Å². The van der Waals surface area contributed by atoms with Gasteiger partial charge in [-0.2, -0.15) is 0 Å². The number of piperidine rings is 1. The normalized spacial score (nSPS) is 22.6. The molecule has 2 heterocycles. The van der Waals surface area contributed by atoms with Gasteiger partial charge in [0.1, 0.15) is 0 Å². The molecule has 1 aromatic rings. The van der Waals surface area contributed by atoms with E-state index in [9.17, 15) is 0 Å². The Hall–Kier alpha value is -0.510. The average molecular weight is 319 g/mol. The summed E-state index contributed by atoms with van der Waals surface area (Å²) in [6, 6.07) is 9.96. The first kappa shape index (κ1) is 16.4. The summed E-state index contributed by atoms with van der Waals surface area (Å²) in [6.45, 7) is 6.36. The van der Waals surface area contributed by atoms with Crippen LogP contribution in [0.1, 0.15) is 44.1 Å². The Morgan fingerprint density at radius 1 is 0.909 bits per heavy atom. The van der Waals surface area contributed by atoms with Crippen LogP contribution >= 0.6 is 11.8 Å². The fourth-order valence-electron chi connectivity index (χ4n) is 3.89. The van der Waals surface area contributed by atoms with Crippen LogP contribution in [0.3, 0.4) is 0 Å². The summed E-state index contributed by atoms with van der Waals surface area (Å²) >= 11 is 1.82. The number of benzene rings is 1. The Bertz CT molecular complexity index is 429. The Balaban J connectivity index is 1.46. The maximum absolute atomic E-state index is 2.79. The molecule has 2 aliphatic rings. The molecular weight excluding hydrogens is 288 g/mol. The number of rotatable bonds is 4. The standard InChI is InChI=1S/C19H30N2S/c1-22-19-8-6-17(7-9-19)16-20-14-10-18(11-15-20)21-12-4-2-3-5-13-21/h6-9,18H,2-5,10-16H2,1H3. The van der Waals surface area contributed by atoms with Crippen molar-refractivity contribution in [3.63, 3.8) is 0 Å². The van der Waals surface area contributed by atoms with E-state index < -0.39 is 0 Å². The van der Waals surface area contributed by atoms with E-state index in [1.807, 2.05) is 11.8 Å². The third kappa shape index (κ3) is 4.50. The summed E-state index contributed by atoms with van der Waals surface area (Å²) in [4.78, 5) is 6.80.